The standard InChI is InChI=1S/C26H24N8O3/c35-24(16-9-10-19-17(12-16)14-27-25(19)36)29-22-13-20(30-31-22)21-8-4-5-11-33(21)26(37)23-28-15-34(32-23)18-6-2-1-3-7-18/h1-3,6-7,9-10,12-13,15,21H,4-5,8,11,14H2,(H,27,36)(H2,29,30,31,35). The lowest BCUT2D eigenvalue weighted by Crippen LogP contribution is -2.39. The topological polar surface area (TPSA) is 138 Å². The highest BCUT2D eigenvalue weighted by Gasteiger charge is 2.32. The van der Waals surface area contributed by atoms with Crippen LogP contribution in [0.1, 0.15) is 67.9 Å². The zero-order valence-corrected chi connectivity index (χ0v) is 19.8. The first-order valence-electron chi connectivity index (χ1n) is 12.1. The molecule has 2 aromatic carbocycles. The van der Waals surface area contributed by atoms with Crippen molar-refractivity contribution in [1.82, 2.24) is 35.2 Å². The first-order valence-corrected chi connectivity index (χ1v) is 12.1. The molecule has 2 aliphatic heterocycles. The van der Waals surface area contributed by atoms with E-state index in [1.807, 2.05) is 30.3 Å². The van der Waals surface area contributed by atoms with Gasteiger partial charge in [0.2, 0.25) is 5.82 Å². The number of piperidine rings is 1. The van der Waals surface area contributed by atoms with Crippen LogP contribution in [-0.2, 0) is 6.54 Å². The third-order valence-electron chi connectivity index (χ3n) is 6.72. The minimum Gasteiger partial charge on any atom is -0.348 e. The van der Waals surface area contributed by atoms with Crippen molar-refractivity contribution in [3.63, 3.8) is 0 Å². The van der Waals surface area contributed by atoms with Crippen molar-refractivity contribution in [1.29, 1.82) is 0 Å². The molecule has 0 spiro atoms. The minimum atomic E-state index is -0.326. The lowest BCUT2D eigenvalue weighted by Gasteiger charge is -2.34. The summed E-state index contributed by atoms with van der Waals surface area (Å²) < 4.78 is 1.58. The number of fused-ring (bicyclic) bond motifs is 1. The van der Waals surface area contributed by atoms with Gasteiger partial charge in [-0.25, -0.2) is 9.67 Å². The molecule has 1 fully saturated rings. The molecular weight excluding hydrogens is 472 g/mol. The van der Waals surface area contributed by atoms with Crippen LogP contribution in [0, 0.1) is 0 Å². The number of nitrogens with one attached hydrogen (secondary N) is 3. The SMILES string of the molecule is O=C(Nc1cc(C2CCCCN2C(=O)c2ncn(-c3ccccc3)n2)[nH]n1)c1ccc2c(c1)CNC2=O. The molecule has 4 heterocycles. The molecule has 1 unspecified atom stereocenters. The Balaban J connectivity index is 1.17. The predicted octanol–water partition coefficient (Wildman–Crippen LogP) is 2.85. The average molecular weight is 497 g/mol. The molecule has 6 rings (SSSR count). The molecule has 2 aliphatic rings. The molecule has 0 radical (unpaired) electrons. The number of para-hydroxylation sites is 1. The Morgan fingerprint density at radius 2 is 1.92 bits per heavy atom. The normalized spacial score (nSPS) is 16.8. The summed E-state index contributed by atoms with van der Waals surface area (Å²) in [4.78, 5) is 43.9. The molecule has 11 heteroatoms. The van der Waals surface area contributed by atoms with Crippen LogP contribution in [0.5, 0.6) is 0 Å². The highest BCUT2D eigenvalue weighted by Crippen LogP contribution is 2.32. The van der Waals surface area contributed by atoms with E-state index in [1.165, 1.54) is 6.33 Å². The third kappa shape index (κ3) is 4.35. The van der Waals surface area contributed by atoms with Gasteiger partial charge in [0.05, 0.1) is 17.4 Å². The summed E-state index contributed by atoms with van der Waals surface area (Å²) in [7, 11) is 0. The second-order valence-corrected chi connectivity index (χ2v) is 9.08. The van der Waals surface area contributed by atoms with Crippen LogP contribution in [0.2, 0.25) is 0 Å². The largest absolute Gasteiger partial charge is 0.348 e. The van der Waals surface area contributed by atoms with Gasteiger partial charge in [-0.2, -0.15) is 5.10 Å². The molecular formula is C26H24N8O3. The summed E-state index contributed by atoms with van der Waals surface area (Å²) in [6.45, 7) is 0.984. The smallest absolute Gasteiger partial charge is 0.294 e. The monoisotopic (exact) mass is 496 g/mol. The van der Waals surface area contributed by atoms with E-state index in [9.17, 15) is 14.4 Å². The van der Waals surface area contributed by atoms with Crippen LogP contribution in [0.4, 0.5) is 5.82 Å². The van der Waals surface area contributed by atoms with Crippen LogP contribution in [0.15, 0.2) is 60.9 Å². The molecule has 2 aromatic heterocycles. The lowest BCUT2D eigenvalue weighted by molar-refractivity contribution is 0.0593. The van der Waals surface area contributed by atoms with E-state index in [2.05, 4.69) is 30.9 Å². The number of nitrogens with zero attached hydrogens (tertiary/aromatic N) is 5. The molecule has 1 atom stereocenters. The Morgan fingerprint density at radius 1 is 1.05 bits per heavy atom. The fraction of sp³-hybridized carbons (Fsp3) is 0.231. The molecule has 37 heavy (non-hydrogen) atoms. The number of rotatable bonds is 5. The van der Waals surface area contributed by atoms with Crippen molar-refractivity contribution in [2.45, 2.75) is 31.8 Å². The minimum absolute atomic E-state index is 0.132. The quantitative estimate of drug-likeness (QED) is 0.388. The number of aromatic nitrogens is 5. The molecule has 0 bridgehead atoms. The van der Waals surface area contributed by atoms with Crippen LogP contribution in [0.25, 0.3) is 5.69 Å². The molecule has 1 saturated heterocycles. The number of likely N-dealkylation sites (tertiary alicyclic amines) is 1. The molecule has 3 amide bonds. The van der Waals surface area contributed by atoms with E-state index in [-0.39, 0.29) is 29.6 Å². The fourth-order valence-electron chi connectivity index (χ4n) is 4.83. The Hall–Kier alpha value is -4.80. The number of carbonyl (C=O) groups is 3. The molecule has 3 N–H and O–H groups in total. The Kier molecular flexibility index (Phi) is 5.72. The lowest BCUT2D eigenvalue weighted by atomic mass is 9.99. The number of amides is 3. The zero-order chi connectivity index (χ0) is 25.4. The first-order chi connectivity index (χ1) is 18.1. The van der Waals surface area contributed by atoms with Gasteiger partial charge in [-0.15, -0.1) is 5.10 Å². The maximum atomic E-state index is 13.4. The highest BCUT2D eigenvalue weighted by molar-refractivity contribution is 6.05. The van der Waals surface area contributed by atoms with E-state index >= 15 is 0 Å². The van der Waals surface area contributed by atoms with Crippen molar-refractivity contribution in [3.05, 3.63) is 89.1 Å². The summed E-state index contributed by atoms with van der Waals surface area (Å²) in [5, 5.41) is 17.2. The predicted molar refractivity (Wildman–Crippen MR) is 133 cm³/mol. The highest BCUT2D eigenvalue weighted by atomic mass is 16.2. The maximum Gasteiger partial charge on any atom is 0.294 e. The molecule has 4 aromatic rings. The van der Waals surface area contributed by atoms with Crippen LogP contribution < -0.4 is 10.6 Å². The van der Waals surface area contributed by atoms with Gasteiger partial charge in [-0.05, 0) is 55.2 Å². The Labute approximate surface area is 211 Å². The van der Waals surface area contributed by atoms with E-state index in [1.54, 1.807) is 33.8 Å². The fourth-order valence-corrected chi connectivity index (χ4v) is 4.83. The molecule has 0 saturated carbocycles. The van der Waals surface area contributed by atoms with E-state index in [0.29, 0.717) is 30.0 Å². The zero-order valence-electron chi connectivity index (χ0n) is 19.8. The number of benzene rings is 2. The molecule has 186 valence electrons. The summed E-state index contributed by atoms with van der Waals surface area (Å²) in [5.41, 5.74) is 3.37. The van der Waals surface area contributed by atoms with Crippen LogP contribution in [0.3, 0.4) is 0 Å². The Morgan fingerprint density at radius 3 is 2.78 bits per heavy atom. The summed E-state index contributed by atoms with van der Waals surface area (Å²) >= 11 is 0. The number of carbonyl (C=O) groups excluding carboxylic acids is 3. The van der Waals surface area contributed by atoms with Crippen molar-refractivity contribution < 1.29 is 14.4 Å². The molecule has 0 aliphatic carbocycles. The van der Waals surface area contributed by atoms with Gasteiger partial charge in [0, 0.05) is 30.3 Å². The third-order valence-corrected chi connectivity index (χ3v) is 6.72. The van der Waals surface area contributed by atoms with Gasteiger partial charge >= 0.3 is 0 Å². The summed E-state index contributed by atoms with van der Waals surface area (Å²) in [5.74, 6) is -0.215. The van der Waals surface area contributed by atoms with Gasteiger partial charge in [0.25, 0.3) is 17.7 Å². The number of anilines is 1. The van der Waals surface area contributed by atoms with Crippen molar-refractivity contribution in [3.8, 4) is 5.69 Å². The van der Waals surface area contributed by atoms with E-state index in [0.717, 1.165) is 36.2 Å². The number of hydrogen-bond acceptors (Lipinski definition) is 6. The van der Waals surface area contributed by atoms with Gasteiger partial charge in [-0.3, -0.25) is 19.5 Å². The second-order valence-electron chi connectivity index (χ2n) is 9.08. The maximum absolute atomic E-state index is 13.4. The number of H-pyrrole nitrogens is 1. The van der Waals surface area contributed by atoms with Gasteiger partial charge in [-0.1, -0.05) is 18.2 Å². The van der Waals surface area contributed by atoms with Crippen LogP contribution >= 0.6 is 0 Å². The van der Waals surface area contributed by atoms with Crippen molar-refractivity contribution in [2.75, 3.05) is 11.9 Å². The first kappa shape index (κ1) is 22.7. The van der Waals surface area contributed by atoms with E-state index in [4.69, 9.17) is 0 Å². The summed E-state index contributed by atoms with van der Waals surface area (Å²) in [6, 6.07) is 16.0. The average Bonchev–Trinajstić information content (AvgIpc) is 3.69. The summed E-state index contributed by atoms with van der Waals surface area (Å²) in [6.07, 6.45) is 4.14. The van der Waals surface area contributed by atoms with Gasteiger partial charge in [0.15, 0.2) is 5.82 Å². The second kappa shape index (κ2) is 9.34. The number of aromatic amines is 1. The van der Waals surface area contributed by atoms with Crippen molar-refractivity contribution >= 4 is 23.5 Å². The van der Waals surface area contributed by atoms with E-state index < -0.39 is 0 Å². The van der Waals surface area contributed by atoms with Crippen LogP contribution in [-0.4, -0.2) is 54.1 Å². The number of hydrogen-bond donors (Lipinski definition) is 3. The van der Waals surface area contributed by atoms with Crippen molar-refractivity contribution in [2.24, 2.45) is 0 Å². The Bertz CT molecular complexity index is 1490. The van der Waals surface area contributed by atoms with Gasteiger partial charge < -0.3 is 15.5 Å². The molecule has 11 nitrogen and oxygen atoms in total. The van der Waals surface area contributed by atoms with Gasteiger partial charge in [0.1, 0.15) is 6.33 Å².